The highest BCUT2D eigenvalue weighted by atomic mass is 35.5. The molecule has 0 saturated heterocycles. The maximum Gasteiger partial charge on any atom is 0.292 e. The van der Waals surface area contributed by atoms with Crippen molar-refractivity contribution in [3.8, 4) is 17.0 Å². The topological polar surface area (TPSA) is 93.6 Å². The molecule has 0 spiro atoms. The van der Waals surface area contributed by atoms with Crippen LogP contribution in [0.3, 0.4) is 0 Å². The summed E-state index contributed by atoms with van der Waals surface area (Å²) in [5.74, 6) is 0.0423. The van der Waals surface area contributed by atoms with Crippen molar-refractivity contribution < 1.29 is 5.11 Å². The number of halogens is 1. The molecule has 0 atom stereocenters. The Balaban J connectivity index is 2.02. The van der Waals surface area contributed by atoms with E-state index in [1.54, 1.807) is 42.5 Å². The molecule has 0 fully saturated rings. The number of nitrogens with zero attached hydrogens (tertiary/aromatic N) is 2. The van der Waals surface area contributed by atoms with Crippen molar-refractivity contribution in [1.82, 2.24) is 10.2 Å². The third kappa shape index (κ3) is 2.77. The number of hydrogen-bond donors (Lipinski definition) is 3. The number of H-pyrrole nitrogens is 2. The predicted molar refractivity (Wildman–Crippen MR) is 84.1 cm³/mol. The Morgan fingerprint density at radius 2 is 1.68 bits per heavy atom. The van der Waals surface area contributed by atoms with Gasteiger partial charge in [0.05, 0.1) is 11.4 Å². The summed E-state index contributed by atoms with van der Waals surface area (Å²) in [6.07, 6.45) is 0. The minimum Gasteiger partial charge on any atom is -0.507 e. The first-order valence-electron chi connectivity index (χ1n) is 6.41. The Morgan fingerprint density at radius 1 is 0.955 bits per heavy atom. The van der Waals surface area contributed by atoms with Crippen molar-refractivity contribution >= 4 is 23.0 Å². The number of phenols is 1. The van der Waals surface area contributed by atoms with Crippen LogP contribution in [0.5, 0.6) is 5.75 Å². The van der Waals surface area contributed by atoms with Crippen LogP contribution in [0, 0.1) is 0 Å². The second kappa shape index (κ2) is 5.87. The van der Waals surface area contributed by atoms with Crippen molar-refractivity contribution in [3.63, 3.8) is 0 Å². The lowest BCUT2D eigenvalue weighted by Crippen LogP contribution is -1.96. The van der Waals surface area contributed by atoms with Gasteiger partial charge in [0, 0.05) is 10.6 Å². The normalized spacial score (nSPS) is 11.1. The molecule has 0 aliphatic heterocycles. The van der Waals surface area contributed by atoms with Crippen LogP contribution in [-0.4, -0.2) is 15.3 Å². The molecule has 0 bridgehead atoms. The number of phenolic OH excluding ortho intramolecular Hbond substituents is 1. The molecule has 1 aromatic heterocycles. The molecule has 3 rings (SSSR count). The van der Waals surface area contributed by atoms with E-state index in [0.717, 1.165) is 0 Å². The predicted octanol–water partition coefficient (Wildman–Crippen LogP) is 4.14. The van der Waals surface area contributed by atoms with Gasteiger partial charge in [0.2, 0.25) is 0 Å². The number of para-hydroxylation sites is 1. The first kappa shape index (κ1) is 14.1. The highest BCUT2D eigenvalue weighted by Gasteiger charge is 2.14. The van der Waals surface area contributed by atoms with Crippen molar-refractivity contribution in [1.29, 1.82) is 0 Å². The zero-order valence-electron chi connectivity index (χ0n) is 11.2. The Hall–Kier alpha value is -2.86. The molecule has 0 radical (unpaired) electrons. The van der Waals surface area contributed by atoms with Gasteiger partial charge in [0.25, 0.3) is 5.56 Å². The zero-order valence-corrected chi connectivity index (χ0v) is 12.0. The third-order valence-electron chi connectivity index (χ3n) is 3.02. The summed E-state index contributed by atoms with van der Waals surface area (Å²) in [5, 5.41) is 23.6. The second-order valence-electron chi connectivity index (χ2n) is 4.50. The van der Waals surface area contributed by atoms with Crippen molar-refractivity contribution in [2.75, 3.05) is 0 Å². The second-order valence-corrected chi connectivity index (χ2v) is 4.93. The molecule has 110 valence electrons. The molecule has 6 nitrogen and oxygen atoms in total. The van der Waals surface area contributed by atoms with Crippen LogP contribution < -0.4 is 5.56 Å². The molecule has 3 N–H and O–H groups in total. The maximum absolute atomic E-state index is 11.9. The molecule has 0 aliphatic rings. The highest BCUT2D eigenvalue weighted by Crippen LogP contribution is 2.32. The van der Waals surface area contributed by atoms with Gasteiger partial charge in [-0.05, 0) is 36.4 Å². The van der Waals surface area contributed by atoms with Gasteiger partial charge < -0.3 is 5.11 Å². The van der Waals surface area contributed by atoms with E-state index in [0.29, 0.717) is 22.0 Å². The molecule has 2 aromatic carbocycles. The molecule has 1 heterocycles. The average molecular weight is 315 g/mol. The third-order valence-corrected chi connectivity index (χ3v) is 3.27. The van der Waals surface area contributed by atoms with Gasteiger partial charge in [-0.3, -0.25) is 15.0 Å². The van der Waals surface area contributed by atoms with E-state index in [4.69, 9.17) is 11.6 Å². The molecule has 0 saturated carbocycles. The lowest BCUT2D eigenvalue weighted by Gasteiger charge is -2.01. The minimum absolute atomic E-state index is 0.0423. The number of aromatic hydroxyl groups is 1. The monoisotopic (exact) mass is 314 g/mol. The first-order valence-corrected chi connectivity index (χ1v) is 6.79. The van der Waals surface area contributed by atoms with E-state index in [2.05, 4.69) is 20.4 Å². The number of hydrogen-bond acceptors (Lipinski definition) is 4. The summed E-state index contributed by atoms with van der Waals surface area (Å²) in [6.45, 7) is 0. The maximum atomic E-state index is 11.9. The quantitative estimate of drug-likeness (QED) is 0.633. The van der Waals surface area contributed by atoms with Gasteiger partial charge in [-0.15, -0.1) is 5.11 Å². The molecule has 0 unspecified atom stereocenters. The van der Waals surface area contributed by atoms with Crippen molar-refractivity contribution in [2.45, 2.75) is 0 Å². The molecule has 3 aromatic rings. The summed E-state index contributed by atoms with van der Waals surface area (Å²) in [7, 11) is 0. The summed E-state index contributed by atoms with van der Waals surface area (Å²) in [5.41, 5.74) is 1.08. The largest absolute Gasteiger partial charge is 0.507 e. The molecule has 22 heavy (non-hydrogen) atoms. The Morgan fingerprint density at radius 3 is 2.41 bits per heavy atom. The van der Waals surface area contributed by atoms with Crippen LogP contribution in [0.1, 0.15) is 0 Å². The Bertz CT molecular complexity index is 881. The Labute approximate surface area is 130 Å². The summed E-state index contributed by atoms with van der Waals surface area (Å²) in [4.78, 5) is 11.9. The highest BCUT2D eigenvalue weighted by molar-refractivity contribution is 6.30. The minimum atomic E-state index is -0.420. The van der Waals surface area contributed by atoms with Crippen LogP contribution in [-0.2, 0) is 0 Å². The smallest absolute Gasteiger partial charge is 0.292 e. The zero-order chi connectivity index (χ0) is 15.5. The lowest BCUT2D eigenvalue weighted by atomic mass is 10.1. The van der Waals surface area contributed by atoms with E-state index in [1.165, 1.54) is 6.07 Å². The lowest BCUT2D eigenvalue weighted by molar-refractivity contribution is 0.477. The molecule has 7 heteroatoms. The van der Waals surface area contributed by atoms with E-state index in [1.807, 2.05) is 0 Å². The first-order chi connectivity index (χ1) is 10.6. The van der Waals surface area contributed by atoms with Crippen LogP contribution in [0.25, 0.3) is 11.3 Å². The fourth-order valence-electron chi connectivity index (χ4n) is 1.94. The average Bonchev–Trinajstić information content (AvgIpc) is 2.88. The van der Waals surface area contributed by atoms with E-state index in [-0.39, 0.29) is 11.4 Å². The van der Waals surface area contributed by atoms with Crippen LogP contribution in [0.2, 0.25) is 5.02 Å². The summed E-state index contributed by atoms with van der Waals surface area (Å²) in [6, 6.07) is 13.4. The van der Waals surface area contributed by atoms with Gasteiger partial charge in [-0.1, -0.05) is 23.7 Å². The molecular formula is C15H11ClN4O2. The van der Waals surface area contributed by atoms with Crippen molar-refractivity contribution in [3.05, 3.63) is 63.9 Å². The van der Waals surface area contributed by atoms with Gasteiger partial charge in [-0.25, -0.2) is 0 Å². The summed E-state index contributed by atoms with van der Waals surface area (Å²) >= 11 is 5.80. The molecular weight excluding hydrogens is 304 g/mol. The fourth-order valence-corrected chi connectivity index (χ4v) is 2.07. The van der Waals surface area contributed by atoms with Crippen LogP contribution in [0.15, 0.2) is 63.6 Å². The Kier molecular flexibility index (Phi) is 3.76. The number of benzene rings is 2. The number of azo groups is 1. The van der Waals surface area contributed by atoms with Crippen molar-refractivity contribution in [2.24, 2.45) is 10.2 Å². The van der Waals surface area contributed by atoms with Crippen LogP contribution >= 0.6 is 11.6 Å². The number of aromatic nitrogens is 2. The number of aromatic amines is 2. The number of rotatable bonds is 3. The van der Waals surface area contributed by atoms with Gasteiger partial charge in [-0.2, -0.15) is 5.11 Å². The van der Waals surface area contributed by atoms with E-state index < -0.39 is 5.56 Å². The molecule has 0 aliphatic carbocycles. The standard InChI is InChI=1S/C15H11ClN4O2/c16-9-5-7-10(8-6-9)17-19-14-13(18-20-15(14)22)11-3-1-2-4-12(11)21/h1-8,21H,(H2,18,20,22). The molecule has 0 amide bonds. The van der Waals surface area contributed by atoms with E-state index in [9.17, 15) is 9.90 Å². The number of nitrogens with one attached hydrogen (secondary N) is 2. The SMILES string of the molecule is O=c1[nH][nH]c(-c2ccccc2O)c1N=Nc1ccc(Cl)cc1. The van der Waals surface area contributed by atoms with Crippen LogP contribution in [0.4, 0.5) is 11.4 Å². The van der Waals surface area contributed by atoms with E-state index >= 15 is 0 Å². The van der Waals surface area contributed by atoms with Gasteiger partial charge >= 0.3 is 0 Å². The van der Waals surface area contributed by atoms with Gasteiger partial charge in [0.15, 0.2) is 5.69 Å². The summed E-state index contributed by atoms with van der Waals surface area (Å²) < 4.78 is 0. The fraction of sp³-hybridized carbons (Fsp3) is 0. The van der Waals surface area contributed by atoms with Gasteiger partial charge in [0.1, 0.15) is 5.75 Å².